The fourth-order valence-electron chi connectivity index (χ4n) is 8.51. The van der Waals surface area contributed by atoms with Crippen LogP contribution >= 0.6 is 11.8 Å². The van der Waals surface area contributed by atoms with E-state index in [0.717, 1.165) is 10.6 Å². The van der Waals surface area contributed by atoms with Crippen molar-refractivity contribution in [3.05, 3.63) is 94.6 Å². The number of allylic oxidation sites excluding steroid dienone is 7. The van der Waals surface area contributed by atoms with Crippen LogP contribution in [-0.2, 0) is 65.0 Å². The zero-order chi connectivity index (χ0) is 51.7. The molecular formula is C45H59N4O16S5+. The average Bonchev–Trinajstić information content (AvgIpc) is 3.71. The van der Waals surface area contributed by atoms with Gasteiger partial charge in [-0.2, -0.15) is 38.2 Å². The number of rotatable bonds is 24. The SMILES string of the molecule is CCOC(=O)CCCCCNC(=O)C1(C(=O)NCCS(=O)(=O)O)CC(/C=C/C2=[N+](CCCS(=O)(=O)O)c3ccc(S(=O)(=O)O)cc3C2(C)C)=CC(=C/C=C2\Sc3ccccc3N2CCCS(=O)(=O)O)/C1. The van der Waals surface area contributed by atoms with Crippen molar-refractivity contribution >= 4 is 87.1 Å². The van der Waals surface area contributed by atoms with E-state index < -0.39 is 86.9 Å². The van der Waals surface area contributed by atoms with E-state index in [9.17, 15) is 66.3 Å². The summed E-state index contributed by atoms with van der Waals surface area (Å²) < 4.78 is 140. The minimum atomic E-state index is -4.64. The Balaban J connectivity index is 1.62. The first-order valence-corrected chi connectivity index (χ1v) is 29.4. The van der Waals surface area contributed by atoms with Gasteiger partial charge in [0.1, 0.15) is 12.0 Å². The maximum atomic E-state index is 14.6. The second-order valence-electron chi connectivity index (χ2n) is 17.5. The summed E-state index contributed by atoms with van der Waals surface area (Å²) >= 11 is 1.38. The summed E-state index contributed by atoms with van der Waals surface area (Å²) in [5.74, 6) is -3.84. The van der Waals surface area contributed by atoms with Gasteiger partial charge in [-0.1, -0.05) is 48.5 Å². The number of hydrogen-bond donors (Lipinski definition) is 6. The monoisotopic (exact) mass is 1070 g/mol. The number of benzene rings is 2. The van der Waals surface area contributed by atoms with E-state index in [1.807, 2.05) is 29.2 Å². The van der Waals surface area contributed by atoms with Crippen LogP contribution in [0, 0.1) is 5.41 Å². The molecule has 2 heterocycles. The van der Waals surface area contributed by atoms with Gasteiger partial charge < -0.3 is 20.3 Å². The van der Waals surface area contributed by atoms with Gasteiger partial charge >= 0.3 is 5.97 Å². The Hall–Kier alpha value is -4.73. The molecule has 0 saturated heterocycles. The maximum Gasteiger partial charge on any atom is 0.305 e. The first-order valence-electron chi connectivity index (χ1n) is 22.3. The van der Waals surface area contributed by atoms with Crippen LogP contribution in [0.15, 0.2) is 98.8 Å². The number of thioether (sulfide) groups is 1. The van der Waals surface area contributed by atoms with Crippen LogP contribution in [0.2, 0.25) is 0 Å². The van der Waals surface area contributed by atoms with Gasteiger partial charge in [0.25, 0.3) is 40.5 Å². The van der Waals surface area contributed by atoms with Crippen molar-refractivity contribution in [2.75, 3.05) is 54.9 Å². The average molecular weight is 1070 g/mol. The minimum Gasteiger partial charge on any atom is -0.466 e. The highest BCUT2D eigenvalue weighted by molar-refractivity contribution is 8.03. The lowest BCUT2D eigenvalue weighted by atomic mass is 9.70. The predicted octanol–water partition coefficient (Wildman–Crippen LogP) is 4.75. The Bertz CT molecular complexity index is 2960. The predicted molar refractivity (Wildman–Crippen MR) is 263 cm³/mol. The van der Waals surface area contributed by atoms with Crippen LogP contribution in [0.5, 0.6) is 0 Å². The molecule has 1 atom stereocenters. The normalized spacial score (nSPS) is 19.4. The topological polar surface area (TPSA) is 308 Å². The molecule has 1 unspecified atom stereocenters. The molecular weight excluding hydrogens is 1010 g/mol. The Morgan fingerprint density at radius 1 is 0.786 bits per heavy atom. The molecule has 70 heavy (non-hydrogen) atoms. The number of fused-ring (bicyclic) bond motifs is 2. The van der Waals surface area contributed by atoms with Crippen LogP contribution in [0.4, 0.5) is 11.4 Å². The molecule has 2 amide bonds. The van der Waals surface area contributed by atoms with Gasteiger partial charge in [-0.25, -0.2) is 0 Å². The number of anilines is 1. The second kappa shape index (κ2) is 23.2. The van der Waals surface area contributed by atoms with E-state index in [1.54, 1.807) is 55.7 Å². The summed E-state index contributed by atoms with van der Waals surface area (Å²) in [6, 6.07) is 11.4. The number of esters is 1. The highest BCUT2D eigenvalue weighted by Crippen LogP contribution is 2.47. The Morgan fingerprint density at radius 2 is 1.44 bits per heavy atom. The molecule has 0 radical (unpaired) electrons. The van der Waals surface area contributed by atoms with E-state index in [2.05, 4.69) is 10.6 Å². The molecule has 0 aromatic heterocycles. The molecule has 2 aromatic rings. The van der Waals surface area contributed by atoms with Crippen LogP contribution in [0.3, 0.4) is 0 Å². The Labute approximate surface area is 413 Å². The lowest BCUT2D eigenvalue weighted by molar-refractivity contribution is -0.437. The number of para-hydroxylation sites is 1. The van der Waals surface area contributed by atoms with Crippen molar-refractivity contribution in [1.82, 2.24) is 10.6 Å². The van der Waals surface area contributed by atoms with Crippen LogP contribution < -0.4 is 15.5 Å². The third kappa shape index (κ3) is 15.4. The van der Waals surface area contributed by atoms with Crippen molar-refractivity contribution in [2.24, 2.45) is 5.41 Å². The number of ether oxygens (including phenoxy) is 1. The summed E-state index contributed by atoms with van der Waals surface area (Å²) in [5.41, 5.74) is 0.157. The van der Waals surface area contributed by atoms with Crippen LogP contribution in [0.25, 0.3) is 0 Å². The third-order valence-corrected chi connectivity index (χ3v) is 16.1. The number of carbonyl (C=O) groups excluding carboxylic acids is 3. The zero-order valence-corrected chi connectivity index (χ0v) is 42.9. The van der Waals surface area contributed by atoms with E-state index in [0.29, 0.717) is 52.4 Å². The highest BCUT2D eigenvalue weighted by atomic mass is 32.2. The number of carbonyl (C=O) groups is 3. The van der Waals surface area contributed by atoms with Gasteiger partial charge in [0.15, 0.2) is 5.71 Å². The lowest BCUT2D eigenvalue weighted by Gasteiger charge is -2.35. The van der Waals surface area contributed by atoms with E-state index in [1.165, 1.54) is 30.0 Å². The zero-order valence-electron chi connectivity index (χ0n) is 38.9. The third-order valence-electron chi connectivity index (χ3n) is 11.8. The molecule has 0 spiro atoms. The molecule has 6 N–H and O–H groups in total. The Kier molecular flexibility index (Phi) is 18.6. The molecule has 0 fully saturated rings. The molecule has 1 aliphatic carbocycles. The number of amides is 2. The number of unbranched alkanes of at least 4 members (excludes halogenated alkanes) is 2. The number of nitrogens with zero attached hydrogens (tertiary/aromatic N) is 2. The van der Waals surface area contributed by atoms with Crippen molar-refractivity contribution < 1.29 is 75.6 Å². The molecule has 384 valence electrons. The van der Waals surface area contributed by atoms with E-state index >= 15 is 0 Å². The quantitative estimate of drug-likeness (QED) is 0.0272. The van der Waals surface area contributed by atoms with Gasteiger partial charge in [-0.15, -0.1) is 0 Å². The Morgan fingerprint density at radius 3 is 2.10 bits per heavy atom. The molecule has 2 aromatic carbocycles. The number of nitrogens with one attached hydrogen (secondary N) is 2. The summed E-state index contributed by atoms with van der Waals surface area (Å²) in [6.45, 7) is 5.28. The summed E-state index contributed by atoms with van der Waals surface area (Å²) in [4.78, 5) is 43.4. The molecule has 0 bridgehead atoms. The van der Waals surface area contributed by atoms with Gasteiger partial charge in [0.05, 0.1) is 44.9 Å². The molecule has 5 rings (SSSR count). The first kappa shape index (κ1) is 56.2. The largest absolute Gasteiger partial charge is 0.466 e. The van der Waals surface area contributed by atoms with Crippen LogP contribution in [-0.4, -0.2) is 130 Å². The highest BCUT2D eigenvalue weighted by Gasteiger charge is 2.49. The first-order chi connectivity index (χ1) is 32.6. The number of hydrogen-bond acceptors (Lipinski definition) is 14. The minimum absolute atomic E-state index is 0.0297. The van der Waals surface area contributed by atoms with Gasteiger partial charge in [0.2, 0.25) is 17.5 Å². The van der Waals surface area contributed by atoms with Crippen molar-refractivity contribution in [3.63, 3.8) is 0 Å². The standard InChI is InChI=1S/C45H58N4O16S5/c1-4-65-41(50)14-6-5-9-21-46-42(51)45(43(52)47-22-27-69(59,60)61)30-32(28-33(31-45)16-20-40-49(24-11-26-68(56,57)58)37-12-7-8-13-38(37)66-40)15-19-39-44(2,3)35-29-34(70(62,63)64)17-18-36(35)48(39)23-10-25-67(53,54)55/h7-8,12-13,15-20,28-29H,4-6,9-11,14,21-27,30-31H2,1-3H3,(H5-,46,47,51,52,53,54,55,56,57,58,59,60,61,62,63,64)/p+1. The smallest absolute Gasteiger partial charge is 0.305 e. The van der Waals surface area contributed by atoms with E-state index in [4.69, 9.17) is 4.74 Å². The second-order valence-corrected chi connectivity index (χ2v) is 24.7. The molecule has 2 aliphatic heterocycles. The van der Waals surface area contributed by atoms with Crippen molar-refractivity contribution in [3.8, 4) is 0 Å². The molecule has 0 saturated carbocycles. The van der Waals surface area contributed by atoms with Gasteiger partial charge in [-0.3, -0.25) is 32.6 Å². The van der Waals surface area contributed by atoms with Crippen LogP contribution in [0.1, 0.15) is 77.7 Å². The molecule has 25 heteroatoms. The van der Waals surface area contributed by atoms with Crippen molar-refractivity contribution in [2.45, 2.75) is 87.3 Å². The lowest BCUT2D eigenvalue weighted by Crippen LogP contribution is -2.53. The molecule has 3 aliphatic rings. The summed E-state index contributed by atoms with van der Waals surface area (Å²) in [7, 11) is -17.8. The fourth-order valence-corrected chi connectivity index (χ4v) is 11.5. The van der Waals surface area contributed by atoms with E-state index in [-0.39, 0.29) is 69.2 Å². The summed E-state index contributed by atoms with van der Waals surface area (Å²) in [5, 5.41) is 6.03. The van der Waals surface area contributed by atoms with Gasteiger partial charge in [0, 0.05) is 55.1 Å². The van der Waals surface area contributed by atoms with Gasteiger partial charge in [-0.05, 0) is 94.4 Å². The summed E-state index contributed by atoms with van der Waals surface area (Å²) in [6.07, 6.45) is 9.69. The molecule has 20 nitrogen and oxygen atoms in total. The van der Waals surface area contributed by atoms with Crippen molar-refractivity contribution in [1.29, 1.82) is 0 Å². The fraction of sp³-hybridized carbons (Fsp3) is 0.467. The maximum absolute atomic E-state index is 14.6.